The van der Waals surface area contributed by atoms with Gasteiger partial charge in [-0.05, 0) is 43.0 Å². The summed E-state index contributed by atoms with van der Waals surface area (Å²) in [6, 6.07) is 4.15. The van der Waals surface area contributed by atoms with Gasteiger partial charge < -0.3 is 10.1 Å². The zero-order valence-electron chi connectivity index (χ0n) is 13.2. The van der Waals surface area contributed by atoms with Crippen LogP contribution in [0.1, 0.15) is 43.1 Å². The highest BCUT2D eigenvalue weighted by Gasteiger charge is 2.31. The van der Waals surface area contributed by atoms with Gasteiger partial charge in [0.25, 0.3) is 5.91 Å². The molecule has 1 aromatic carbocycles. The standard InChI is InChI=1S/C17H14F3NO3S/c1-24-16(23)13-11-6-3-7-12(11)25-15(13)21-14(22)9-4-2-5-10(8-9)17(18,19)20/h2,4-5,8H,3,6-7H2,1H3,(H,21,22). The maximum atomic E-state index is 12.8. The highest BCUT2D eigenvalue weighted by molar-refractivity contribution is 7.17. The van der Waals surface area contributed by atoms with Gasteiger partial charge >= 0.3 is 12.1 Å². The third kappa shape index (κ3) is 3.39. The van der Waals surface area contributed by atoms with Crippen molar-refractivity contribution in [1.29, 1.82) is 0 Å². The number of nitrogens with one attached hydrogen (secondary N) is 1. The molecule has 2 aromatic rings. The lowest BCUT2D eigenvalue weighted by Gasteiger charge is -2.10. The lowest BCUT2D eigenvalue weighted by atomic mass is 10.1. The fourth-order valence-corrected chi connectivity index (χ4v) is 4.09. The Labute approximate surface area is 145 Å². The van der Waals surface area contributed by atoms with Gasteiger partial charge in [0.1, 0.15) is 5.00 Å². The van der Waals surface area contributed by atoms with E-state index in [4.69, 9.17) is 4.74 Å². The molecule has 0 fully saturated rings. The zero-order valence-corrected chi connectivity index (χ0v) is 14.0. The van der Waals surface area contributed by atoms with Crippen LogP contribution in [-0.4, -0.2) is 19.0 Å². The zero-order chi connectivity index (χ0) is 18.2. The fraction of sp³-hybridized carbons (Fsp3) is 0.294. The average Bonchev–Trinajstić information content (AvgIpc) is 3.14. The normalized spacial score (nSPS) is 13.4. The summed E-state index contributed by atoms with van der Waals surface area (Å²) in [6.07, 6.45) is -2.08. The van der Waals surface area contributed by atoms with E-state index < -0.39 is 23.6 Å². The van der Waals surface area contributed by atoms with Gasteiger partial charge in [0.05, 0.1) is 18.2 Å². The molecular formula is C17H14F3NO3S. The first-order valence-electron chi connectivity index (χ1n) is 7.52. The van der Waals surface area contributed by atoms with Crippen molar-refractivity contribution in [3.63, 3.8) is 0 Å². The van der Waals surface area contributed by atoms with Gasteiger partial charge in [0.2, 0.25) is 0 Å². The van der Waals surface area contributed by atoms with Crippen LogP contribution < -0.4 is 5.32 Å². The molecule has 25 heavy (non-hydrogen) atoms. The number of carbonyl (C=O) groups is 2. The highest BCUT2D eigenvalue weighted by atomic mass is 32.1. The molecule has 1 aliphatic carbocycles. The quantitative estimate of drug-likeness (QED) is 0.821. The van der Waals surface area contributed by atoms with E-state index in [0.717, 1.165) is 41.8 Å². The van der Waals surface area contributed by atoms with Crippen LogP contribution in [0.5, 0.6) is 0 Å². The number of hydrogen-bond acceptors (Lipinski definition) is 4. The Kier molecular flexibility index (Phi) is 4.55. The molecule has 0 aliphatic heterocycles. The number of fused-ring (bicyclic) bond motifs is 1. The molecule has 1 heterocycles. The van der Waals surface area contributed by atoms with Crippen molar-refractivity contribution in [3.8, 4) is 0 Å². The molecular weight excluding hydrogens is 355 g/mol. The van der Waals surface area contributed by atoms with Crippen molar-refractivity contribution in [2.75, 3.05) is 12.4 Å². The molecule has 0 spiro atoms. The molecule has 1 aliphatic rings. The summed E-state index contributed by atoms with van der Waals surface area (Å²) in [4.78, 5) is 25.4. The Hall–Kier alpha value is -2.35. The molecule has 3 rings (SSSR count). The smallest absolute Gasteiger partial charge is 0.416 e. The van der Waals surface area contributed by atoms with E-state index in [1.54, 1.807) is 0 Å². The van der Waals surface area contributed by atoms with Gasteiger partial charge in [-0.1, -0.05) is 6.07 Å². The van der Waals surface area contributed by atoms with Crippen molar-refractivity contribution < 1.29 is 27.5 Å². The Morgan fingerprint density at radius 2 is 2.00 bits per heavy atom. The molecule has 0 atom stereocenters. The van der Waals surface area contributed by atoms with Crippen molar-refractivity contribution in [2.45, 2.75) is 25.4 Å². The number of anilines is 1. The number of carbonyl (C=O) groups excluding carboxylic acids is 2. The molecule has 8 heteroatoms. The maximum absolute atomic E-state index is 12.8. The molecule has 0 radical (unpaired) electrons. The van der Waals surface area contributed by atoms with Crippen LogP contribution in [0.15, 0.2) is 24.3 Å². The van der Waals surface area contributed by atoms with Gasteiger partial charge in [-0.2, -0.15) is 13.2 Å². The molecule has 132 valence electrons. The predicted octanol–water partition coefficient (Wildman–Crippen LogP) is 4.29. The second kappa shape index (κ2) is 6.51. The van der Waals surface area contributed by atoms with Crippen molar-refractivity contribution in [2.24, 2.45) is 0 Å². The molecule has 0 unspecified atom stereocenters. The summed E-state index contributed by atoms with van der Waals surface area (Å²) >= 11 is 1.27. The minimum Gasteiger partial charge on any atom is -0.465 e. The molecule has 0 saturated heterocycles. The monoisotopic (exact) mass is 369 g/mol. The number of aryl methyl sites for hydroxylation is 1. The Balaban J connectivity index is 1.91. The predicted molar refractivity (Wildman–Crippen MR) is 87.1 cm³/mol. The molecule has 1 aromatic heterocycles. The van der Waals surface area contributed by atoms with E-state index >= 15 is 0 Å². The van der Waals surface area contributed by atoms with Crippen LogP contribution in [0.2, 0.25) is 0 Å². The number of alkyl halides is 3. The molecule has 0 bridgehead atoms. The number of rotatable bonds is 3. The second-order valence-corrected chi connectivity index (χ2v) is 6.69. The third-order valence-electron chi connectivity index (χ3n) is 3.99. The number of thiophene rings is 1. The Morgan fingerprint density at radius 1 is 1.24 bits per heavy atom. The van der Waals surface area contributed by atoms with Gasteiger partial charge in [-0.3, -0.25) is 4.79 Å². The van der Waals surface area contributed by atoms with Gasteiger partial charge in [-0.15, -0.1) is 11.3 Å². The minimum absolute atomic E-state index is 0.126. The first-order valence-corrected chi connectivity index (χ1v) is 8.34. The van der Waals surface area contributed by atoms with Crippen LogP contribution in [0.3, 0.4) is 0 Å². The number of hydrogen-bond donors (Lipinski definition) is 1. The van der Waals surface area contributed by atoms with E-state index in [-0.39, 0.29) is 5.56 Å². The molecule has 1 N–H and O–H groups in total. The van der Waals surface area contributed by atoms with E-state index in [0.29, 0.717) is 10.6 Å². The van der Waals surface area contributed by atoms with Gasteiger partial charge in [-0.25, -0.2) is 4.79 Å². The SMILES string of the molecule is COC(=O)c1c(NC(=O)c2cccc(C(F)(F)F)c2)sc2c1CCC2. The lowest BCUT2D eigenvalue weighted by molar-refractivity contribution is -0.137. The first-order chi connectivity index (χ1) is 11.8. The molecule has 4 nitrogen and oxygen atoms in total. The largest absolute Gasteiger partial charge is 0.465 e. The molecule has 0 saturated carbocycles. The second-order valence-electron chi connectivity index (χ2n) is 5.59. The maximum Gasteiger partial charge on any atom is 0.416 e. The number of ether oxygens (including phenoxy) is 1. The van der Waals surface area contributed by atoms with Crippen LogP contribution in [0.25, 0.3) is 0 Å². The summed E-state index contributed by atoms with van der Waals surface area (Å²) in [7, 11) is 1.25. The number of benzene rings is 1. The minimum atomic E-state index is -4.53. The Bertz CT molecular complexity index is 842. The Morgan fingerprint density at radius 3 is 2.68 bits per heavy atom. The van der Waals surface area contributed by atoms with Crippen molar-refractivity contribution in [1.82, 2.24) is 0 Å². The van der Waals surface area contributed by atoms with E-state index in [1.807, 2.05) is 0 Å². The lowest BCUT2D eigenvalue weighted by Crippen LogP contribution is -2.15. The number of methoxy groups -OCH3 is 1. The summed E-state index contributed by atoms with van der Waals surface area (Å²) < 4.78 is 43.2. The van der Waals surface area contributed by atoms with Crippen molar-refractivity contribution >= 4 is 28.2 Å². The first kappa shape index (κ1) is 17.5. The van der Waals surface area contributed by atoms with Crippen molar-refractivity contribution in [3.05, 3.63) is 51.4 Å². The topological polar surface area (TPSA) is 55.4 Å². The van der Waals surface area contributed by atoms with E-state index in [2.05, 4.69) is 5.32 Å². The van der Waals surface area contributed by atoms with Gasteiger partial charge in [0.15, 0.2) is 0 Å². The average molecular weight is 369 g/mol. The van der Waals surface area contributed by atoms with Gasteiger partial charge in [0, 0.05) is 10.4 Å². The summed E-state index contributed by atoms with van der Waals surface area (Å²) in [5.41, 5.74) is 0.137. The van der Waals surface area contributed by atoms with Crippen LogP contribution in [0, 0.1) is 0 Å². The van der Waals surface area contributed by atoms with E-state index in [1.165, 1.54) is 30.6 Å². The number of halogens is 3. The number of amides is 1. The third-order valence-corrected chi connectivity index (χ3v) is 5.20. The highest BCUT2D eigenvalue weighted by Crippen LogP contribution is 2.39. The fourth-order valence-electron chi connectivity index (χ4n) is 2.82. The van der Waals surface area contributed by atoms with Crippen LogP contribution >= 0.6 is 11.3 Å². The van der Waals surface area contributed by atoms with Crippen LogP contribution in [-0.2, 0) is 23.8 Å². The molecule has 1 amide bonds. The van der Waals surface area contributed by atoms with Crippen LogP contribution in [0.4, 0.5) is 18.2 Å². The summed E-state index contributed by atoms with van der Waals surface area (Å²) in [5.74, 6) is -1.25. The summed E-state index contributed by atoms with van der Waals surface area (Å²) in [6.45, 7) is 0. The van der Waals surface area contributed by atoms with E-state index in [9.17, 15) is 22.8 Å². The summed E-state index contributed by atoms with van der Waals surface area (Å²) in [5, 5.41) is 2.88. The number of esters is 1.